The van der Waals surface area contributed by atoms with Crippen molar-refractivity contribution in [3.8, 4) is 0 Å². The van der Waals surface area contributed by atoms with Gasteiger partial charge in [0.05, 0.1) is 11.9 Å². The first-order valence-corrected chi connectivity index (χ1v) is 9.97. The van der Waals surface area contributed by atoms with Crippen molar-refractivity contribution in [2.24, 2.45) is 16.6 Å². The summed E-state index contributed by atoms with van der Waals surface area (Å²) < 4.78 is 0. The van der Waals surface area contributed by atoms with Crippen LogP contribution in [0.2, 0.25) is 0 Å². The van der Waals surface area contributed by atoms with Gasteiger partial charge in [-0.3, -0.25) is 4.79 Å². The molecule has 2 aromatic rings. The molecule has 7 N–H and O–H groups in total. The molecule has 1 saturated carbocycles. The molecule has 11 heteroatoms. The zero-order valence-corrected chi connectivity index (χ0v) is 17.6. The van der Waals surface area contributed by atoms with Crippen LogP contribution in [0.15, 0.2) is 23.4 Å². The van der Waals surface area contributed by atoms with Crippen molar-refractivity contribution >= 4 is 46.2 Å². The average Bonchev–Trinajstić information content (AvgIpc) is 3.27. The summed E-state index contributed by atoms with van der Waals surface area (Å²) in [7, 11) is 0. The van der Waals surface area contributed by atoms with Gasteiger partial charge in [-0.15, -0.1) is 0 Å². The van der Waals surface area contributed by atoms with Crippen molar-refractivity contribution < 1.29 is 14.4 Å². The van der Waals surface area contributed by atoms with E-state index in [4.69, 9.17) is 17.2 Å². The summed E-state index contributed by atoms with van der Waals surface area (Å²) in [4.78, 5) is 39.0. The highest BCUT2D eigenvalue weighted by atomic mass is 16.7. The summed E-state index contributed by atoms with van der Waals surface area (Å²) in [6.45, 7) is 3.59. The topological polar surface area (TPSA) is 175 Å². The molecule has 0 aliphatic heterocycles. The van der Waals surface area contributed by atoms with Crippen LogP contribution in [-0.2, 0) is 14.4 Å². The minimum atomic E-state index is -0.742. The quantitative estimate of drug-likeness (QED) is 0.192. The van der Waals surface area contributed by atoms with Gasteiger partial charge in [-0.05, 0) is 56.0 Å². The van der Waals surface area contributed by atoms with Crippen LogP contribution in [0.4, 0.5) is 17.5 Å². The maximum Gasteiger partial charge on any atom is 0.335 e. The van der Waals surface area contributed by atoms with E-state index in [2.05, 4.69) is 49.9 Å². The molecule has 1 aliphatic carbocycles. The van der Waals surface area contributed by atoms with E-state index in [9.17, 15) is 9.59 Å². The molecule has 32 heavy (non-hydrogen) atoms. The number of guanidine groups is 1. The van der Waals surface area contributed by atoms with E-state index in [0.29, 0.717) is 10.9 Å². The SMILES string of the molecule is CCN(C[C]1[CH][CH][CH][CH]1)c1ccc2nc(N)nc(NC(=O)CCC(=O)ON=C(N)N)c2c1. The molecule has 3 rings (SSSR count). The van der Waals surface area contributed by atoms with Gasteiger partial charge >= 0.3 is 5.97 Å². The Hall–Kier alpha value is -3.63. The second-order valence-corrected chi connectivity index (χ2v) is 6.97. The number of rotatable bonds is 9. The Bertz CT molecular complexity index is 1000. The third kappa shape index (κ3) is 6.19. The second kappa shape index (κ2) is 10.6. The molecule has 0 atom stereocenters. The fourth-order valence-electron chi connectivity index (χ4n) is 3.11. The molecule has 1 heterocycles. The van der Waals surface area contributed by atoms with E-state index in [1.807, 2.05) is 31.0 Å². The molecule has 1 amide bonds. The minimum absolute atomic E-state index is 0.0249. The van der Waals surface area contributed by atoms with Crippen LogP contribution in [0.3, 0.4) is 0 Å². The number of nitrogen functional groups attached to an aromatic ring is 1. The van der Waals surface area contributed by atoms with Gasteiger partial charge in [-0.25, -0.2) is 9.78 Å². The first-order valence-electron chi connectivity index (χ1n) is 9.97. The number of nitrogens with two attached hydrogens (primary N) is 3. The summed E-state index contributed by atoms with van der Waals surface area (Å²) in [6, 6.07) is 5.69. The Labute approximate surface area is 186 Å². The van der Waals surface area contributed by atoms with Crippen LogP contribution in [-0.4, -0.2) is 40.9 Å². The Balaban J connectivity index is 1.75. The lowest BCUT2D eigenvalue weighted by atomic mass is 10.1. The number of oxime groups is 1. The Morgan fingerprint density at radius 2 is 1.91 bits per heavy atom. The number of hydrogen-bond acceptors (Lipinski definition) is 8. The Morgan fingerprint density at radius 3 is 2.59 bits per heavy atom. The lowest BCUT2D eigenvalue weighted by Crippen LogP contribution is -2.27. The summed E-state index contributed by atoms with van der Waals surface area (Å²) in [6.07, 6.45) is 7.77. The van der Waals surface area contributed by atoms with E-state index in [1.54, 1.807) is 0 Å². The van der Waals surface area contributed by atoms with Crippen LogP contribution in [0.25, 0.3) is 10.9 Å². The highest BCUT2D eigenvalue weighted by Crippen LogP contribution is 2.30. The predicted octanol–water partition coefficient (Wildman–Crippen LogP) is 0.894. The van der Waals surface area contributed by atoms with Crippen molar-refractivity contribution in [3.63, 3.8) is 0 Å². The number of benzene rings is 1. The lowest BCUT2D eigenvalue weighted by Gasteiger charge is -2.26. The van der Waals surface area contributed by atoms with Crippen molar-refractivity contribution in [2.45, 2.75) is 19.8 Å². The number of nitrogens with one attached hydrogen (secondary N) is 1. The standard InChI is InChI=1S/C21H25N8O3/c1-2-29(12-13-5-3-4-6-13)14-7-8-16-15(11-14)19(27-21(24)25-16)26-17(30)9-10-18(31)32-28-20(22)23/h3-8,11H,2,9-10,12H2,1H3,(H4,22,23,28)(H3,24,25,26,27,30). The zero-order chi connectivity index (χ0) is 23.1. The minimum Gasteiger partial charge on any atom is -0.371 e. The van der Waals surface area contributed by atoms with Crippen molar-refractivity contribution in [1.29, 1.82) is 0 Å². The molecular weight excluding hydrogens is 412 g/mol. The maximum absolute atomic E-state index is 12.4. The Kier molecular flexibility index (Phi) is 7.63. The molecule has 0 spiro atoms. The van der Waals surface area contributed by atoms with Crippen LogP contribution in [0.1, 0.15) is 19.8 Å². The monoisotopic (exact) mass is 437 g/mol. The predicted molar refractivity (Wildman–Crippen MR) is 122 cm³/mol. The highest BCUT2D eigenvalue weighted by molar-refractivity contribution is 6.01. The summed E-state index contributed by atoms with van der Waals surface area (Å²) in [5.74, 6) is -0.0876. The molecular formula is C21H25N8O3. The molecule has 0 unspecified atom stereocenters. The van der Waals surface area contributed by atoms with Crippen LogP contribution < -0.4 is 27.4 Å². The average molecular weight is 437 g/mol. The normalized spacial score (nSPS) is 13.7. The molecule has 1 aromatic carbocycles. The third-order valence-electron chi connectivity index (χ3n) is 4.62. The molecule has 5 radical (unpaired) electrons. The van der Waals surface area contributed by atoms with Crippen molar-refractivity contribution in [3.05, 3.63) is 49.8 Å². The highest BCUT2D eigenvalue weighted by Gasteiger charge is 2.20. The molecule has 0 bridgehead atoms. The second-order valence-electron chi connectivity index (χ2n) is 6.97. The third-order valence-corrected chi connectivity index (χ3v) is 4.62. The van der Waals surface area contributed by atoms with Crippen LogP contribution in [0, 0.1) is 31.6 Å². The maximum atomic E-state index is 12.4. The summed E-state index contributed by atoms with van der Waals surface area (Å²) in [5.41, 5.74) is 17.5. The van der Waals surface area contributed by atoms with E-state index in [1.165, 1.54) is 5.92 Å². The number of fused-ring (bicyclic) bond motifs is 1. The van der Waals surface area contributed by atoms with Gasteiger partial charge in [0.25, 0.3) is 0 Å². The number of nitrogens with zero attached hydrogens (tertiary/aromatic N) is 4. The number of carbonyl (C=O) groups is 2. The van der Waals surface area contributed by atoms with Gasteiger partial charge in [0, 0.05) is 36.5 Å². The van der Waals surface area contributed by atoms with Crippen LogP contribution in [0.5, 0.6) is 0 Å². The first-order chi connectivity index (χ1) is 15.4. The molecule has 1 aliphatic rings. The molecule has 1 fully saturated rings. The van der Waals surface area contributed by atoms with Gasteiger partial charge < -0.3 is 32.3 Å². The summed E-state index contributed by atoms with van der Waals surface area (Å²) >= 11 is 0. The largest absolute Gasteiger partial charge is 0.371 e. The molecule has 1 aromatic heterocycles. The van der Waals surface area contributed by atoms with E-state index in [-0.39, 0.29) is 30.6 Å². The molecule has 11 nitrogen and oxygen atoms in total. The number of carbonyl (C=O) groups excluding carboxylic acids is 2. The lowest BCUT2D eigenvalue weighted by molar-refractivity contribution is -0.144. The Morgan fingerprint density at radius 1 is 1.16 bits per heavy atom. The van der Waals surface area contributed by atoms with E-state index in [0.717, 1.165) is 18.8 Å². The number of amides is 1. The summed E-state index contributed by atoms with van der Waals surface area (Å²) in [5, 5.41) is 6.48. The van der Waals surface area contributed by atoms with Crippen molar-refractivity contribution in [2.75, 3.05) is 29.0 Å². The van der Waals surface area contributed by atoms with Gasteiger partial charge in [-0.2, -0.15) is 4.98 Å². The van der Waals surface area contributed by atoms with Crippen LogP contribution >= 0.6 is 0 Å². The van der Waals surface area contributed by atoms with Gasteiger partial charge in [-0.1, -0.05) is 0 Å². The zero-order valence-electron chi connectivity index (χ0n) is 17.6. The van der Waals surface area contributed by atoms with Crippen molar-refractivity contribution in [1.82, 2.24) is 9.97 Å². The molecule has 167 valence electrons. The smallest absolute Gasteiger partial charge is 0.335 e. The van der Waals surface area contributed by atoms with Gasteiger partial charge in [0.15, 0.2) is 0 Å². The first kappa shape index (κ1) is 23.0. The van der Waals surface area contributed by atoms with Gasteiger partial charge in [0.2, 0.25) is 17.8 Å². The number of aromatic nitrogens is 2. The fraction of sp³-hybridized carbons (Fsp3) is 0.238. The number of anilines is 3. The van der Waals surface area contributed by atoms with E-state index < -0.39 is 11.9 Å². The fourth-order valence-corrected chi connectivity index (χ4v) is 3.11. The molecule has 0 saturated heterocycles. The number of hydrogen-bond donors (Lipinski definition) is 4. The van der Waals surface area contributed by atoms with Gasteiger partial charge in [0.1, 0.15) is 5.82 Å². The van der Waals surface area contributed by atoms with E-state index >= 15 is 0 Å².